The Bertz CT molecular complexity index is 1370. The summed E-state index contributed by atoms with van der Waals surface area (Å²) in [4.78, 5) is 0. The van der Waals surface area contributed by atoms with E-state index in [1.165, 1.54) is 61.9 Å². The molecule has 0 saturated carbocycles. The minimum atomic E-state index is 0.0649. The molecule has 2 heteroatoms. The number of pyridine rings is 1. The quantitative estimate of drug-likeness (QED) is 0.289. The third-order valence-electron chi connectivity index (χ3n) is 8.32. The number of aryl methyl sites for hydroxylation is 4. The van der Waals surface area contributed by atoms with Crippen molar-refractivity contribution in [1.82, 2.24) is 4.40 Å². The zero-order chi connectivity index (χ0) is 23.7. The Morgan fingerprint density at radius 2 is 1.67 bits per heavy atom. The first-order chi connectivity index (χ1) is 15.6. The fourth-order valence-corrected chi connectivity index (χ4v) is 6.50. The van der Waals surface area contributed by atoms with Crippen molar-refractivity contribution >= 4 is 16.4 Å². The van der Waals surface area contributed by atoms with Gasteiger partial charge in [-0.15, -0.1) is 0 Å². The molecule has 0 N–H and O–H groups in total. The van der Waals surface area contributed by atoms with Crippen molar-refractivity contribution in [2.24, 2.45) is 0 Å². The fraction of sp³-hybridized carbons (Fsp3) is 0.452. The number of nitrogens with zero attached hydrogens (tertiary/aromatic N) is 2. The van der Waals surface area contributed by atoms with E-state index in [1.54, 1.807) is 0 Å². The molecular weight excluding hydrogens is 400 g/mol. The number of rotatable bonds is 3. The summed E-state index contributed by atoms with van der Waals surface area (Å²) in [5.74, 6) is 0. The Morgan fingerprint density at radius 3 is 2.27 bits per heavy atom. The van der Waals surface area contributed by atoms with Gasteiger partial charge in [0, 0.05) is 11.1 Å². The second-order valence-corrected chi connectivity index (χ2v) is 11.4. The number of hydrogen-bond donors (Lipinski definition) is 0. The van der Waals surface area contributed by atoms with Crippen LogP contribution in [0.25, 0.3) is 27.7 Å². The molecular formula is C31H39N2+. The lowest BCUT2D eigenvalue weighted by molar-refractivity contribution is -0.742. The van der Waals surface area contributed by atoms with Crippen LogP contribution < -0.4 is 4.57 Å². The standard InChI is InChI=1S/C31H39N2/c1-9-31(10-2)15-14-23-12-11-13-24-25(30(6,7)8)18-32-26(19-33(31)29(32)28(23)24)27-21(4)16-20(3)17-22(27)5/h11-13,16-19H,9-10,14-15H2,1-8H3/q+1. The van der Waals surface area contributed by atoms with E-state index in [0.717, 1.165) is 19.3 Å². The largest absolute Gasteiger partial charge is 0.295 e. The molecule has 2 aromatic heterocycles. The van der Waals surface area contributed by atoms with Crippen LogP contribution >= 0.6 is 0 Å². The van der Waals surface area contributed by atoms with Gasteiger partial charge in [0.2, 0.25) is 0 Å². The van der Waals surface area contributed by atoms with Gasteiger partial charge in [0.05, 0.1) is 5.39 Å². The number of benzene rings is 2. The van der Waals surface area contributed by atoms with E-state index in [1.807, 2.05) is 0 Å². The summed E-state index contributed by atoms with van der Waals surface area (Å²) in [5, 5.41) is 2.88. The number of hydrogen-bond acceptors (Lipinski definition) is 0. The van der Waals surface area contributed by atoms with Gasteiger partial charge >= 0.3 is 0 Å². The summed E-state index contributed by atoms with van der Waals surface area (Å²) in [6.07, 6.45) is 9.57. The van der Waals surface area contributed by atoms with Crippen molar-refractivity contribution in [2.45, 2.75) is 92.0 Å². The van der Waals surface area contributed by atoms with Gasteiger partial charge in [0.25, 0.3) is 5.65 Å². The Balaban J connectivity index is 2.04. The predicted molar refractivity (Wildman–Crippen MR) is 140 cm³/mol. The first-order valence-electron chi connectivity index (χ1n) is 12.7. The van der Waals surface area contributed by atoms with E-state index in [2.05, 4.69) is 107 Å². The van der Waals surface area contributed by atoms with E-state index in [9.17, 15) is 0 Å². The van der Waals surface area contributed by atoms with Crippen molar-refractivity contribution in [3.05, 3.63) is 70.5 Å². The van der Waals surface area contributed by atoms with Crippen molar-refractivity contribution in [3.8, 4) is 11.3 Å². The smallest absolute Gasteiger partial charge is 0.224 e. The summed E-state index contributed by atoms with van der Waals surface area (Å²) in [6.45, 7) is 18.5. The Morgan fingerprint density at radius 1 is 1.00 bits per heavy atom. The van der Waals surface area contributed by atoms with Crippen LogP contribution in [0.2, 0.25) is 0 Å². The summed E-state index contributed by atoms with van der Waals surface area (Å²) >= 11 is 0. The molecule has 4 aromatic rings. The third kappa shape index (κ3) is 3.17. The molecule has 0 spiro atoms. The molecule has 1 aliphatic rings. The lowest BCUT2D eigenvalue weighted by atomic mass is 9.83. The van der Waals surface area contributed by atoms with Gasteiger partial charge in [-0.2, -0.15) is 4.40 Å². The van der Waals surface area contributed by atoms with Gasteiger partial charge < -0.3 is 0 Å². The molecule has 0 amide bonds. The molecule has 3 heterocycles. The fourth-order valence-electron chi connectivity index (χ4n) is 6.50. The van der Waals surface area contributed by atoms with Gasteiger partial charge in [-0.1, -0.05) is 70.5 Å². The van der Waals surface area contributed by atoms with Crippen molar-refractivity contribution in [3.63, 3.8) is 0 Å². The molecule has 0 unspecified atom stereocenters. The van der Waals surface area contributed by atoms with E-state index in [0.29, 0.717) is 0 Å². The highest BCUT2D eigenvalue weighted by Crippen LogP contribution is 2.41. The van der Waals surface area contributed by atoms with Crippen LogP contribution in [0.3, 0.4) is 0 Å². The lowest BCUT2D eigenvalue weighted by Gasteiger charge is -2.27. The molecule has 0 bridgehead atoms. The zero-order valence-electron chi connectivity index (χ0n) is 21.8. The summed E-state index contributed by atoms with van der Waals surface area (Å²) < 4.78 is 5.22. The van der Waals surface area contributed by atoms with Crippen LogP contribution in [0, 0.1) is 20.8 Å². The van der Waals surface area contributed by atoms with E-state index in [4.69, 9.17) is 0 Å². The maximum absolute atomic E-state index is 2.67. The van der Waals surface area contributed by atoms with Crippen molar-refractivity contribution in [1.29, 1.82) is 0 Å². The molecule has 1 aliphatic heterocycles. The molecule has 2 aromatic carbocycles. The first kappa shape index (κ1) is 22.2. The Hall–Kier alpha value is -2.61. The highest BCUT2D eigenvalue weighted by Gasteiger charge is 2.41. The van der Waals surface area contributed by atoms with Crippen LogP contribution in [0.15, 0.2) is 42.7 Å². The Kier molecular flexibility index (Phi) is 5.01. The van der Waals surface area contributed by atoms with E-state index >= 15 is 0 Å². The van der Waals surface area contributed by atoms with Crippen LogP contribution in [0.1, 0.15) is 81.7 Å². The van der Waals surface area contributed by atoms with Gasteiger partial charge in [-0.05, 0) is 73.9 Å². The van der Waals surface area contributed by atoms with Crippen LogP contribution in [-0.4, -0.2) is 4.40 Å². The number of imidazole rings is 1. The average molecular weight is 440 g/mol. The highest BCUT2D eigenvalue weighted by molar-refractivity contribution is 5.99. The average Bonchev–Trinajstić information content (AvgIpc) is 3.06. The first-order valence-corrected chi connectivity index (χ1v) is 12.7. The van der Waals surface area contributed by atoms with Gasteiger partial charge in [0.15, 0.2) is 5.69 Å². The van der Waals surface area contributed by atoms with Gasteiger partial charge in [-0.25, -0.2) is 4.57 Å². The molecule has 0 radical (unpaired) electrons. The molecule has 2 nitrogen and oxygen atoms in total. The maximum Gasteiger partial charge on any atom is 0.295 e. The summed E-state index contributed by atoms with van der Waals surface area (Å²) in [5.41, 5.74) is 11.3. The zero-order valence-corrected chi connectivity index (χ0v) is 21.8. The molecule has 5 rings (SSSR count). The molecule has 33 heavy (non-hydrogen) atoms. The minimum absolute atomic E-state index is 0.0649. The van der Waals surface area contributed by atoms with Gasteiger partial charge in [0.1, 0.15) is 17.9 Å². The second kappa shape index (κ2) is 7.45. The third-order valence-corrected chi connectivity index (χ3v) is 8.32. The van der Waals surface area contributed by atoms with E-state index < -0.39 is 0 Å². The van der Waals surface area contributed by atoms with Crippen LogP contribution in [0.5, 0.6) is 0 Å². The SMILES string of the molecule is CCC1(CC)CCc2cccc3c(C(C)(C)C)cn4c(-c5c(C)cc(C)cc5C)c[n+]1c4c23. The van der Waals surface area contributed by atoms with Gasteiger partial charge in [-0.3, -0.25) is 0 Å². The normalized spacial score (nSPS) is 15.5. The lowest BCUT2D eigenvalue weighted by Crippen LogP contribution is -2.54. The topological polar surface area (TPSA) is 8.29 Å². The maximum atomic E-state index is 2.67. The Labute approximate surface area is 199 Å². The molecule has 172 valence electrons. The summed E-state index contributed by atoms with van der Waals surface area (Å²) in [6, 6.07) is 11.7. The molecule has 0 aliphatic carbocycles. The van der Waals surface area contributed by atoms with Crippen molar-refractivity contribution in [2.75, 3.05) is 0 Å². The monoisotopic (exact) mass is 439 g/mol. The highest BCUT2D eigenvalue weighted by atomic mass is 15.2. The predicted octanol–water partition coefficient (Wildman–Crippen LogP) is 7.73. The minimum Gasteiger partial charge on any atom is -0.224 e. The molecule has 0 fully saturated rings. The van der Waals surface area contributed by atoms with Crippen LogP contribution in [0.4, 0.5) is 0 Å². The number of aromatic nitrogens is 2. The molecule has 0 atom stereocenters. The van der Waals surface area contributed by atoms with Crippen LogP contribution in [-0.2, 0) is 17.4 Å². The summed E-state index contributed by atoms with van der Waals surface area (Å²) in [7, 11) is 0. The van der Waals surface area contributed by atoms with Crippen molar-refractivity contribution < 1.29 is 4.57 Å². The van der Waals surface area contributed by atoms with E-state index in [-0.39, 0.29) is 11.0 Å². The molecule has 0 saturated heterocycles. The second-order valence-electron chi connectivity index (χ2n) is 11.4.